The first-order chi connectivity index (χ1) is 7.79. The first-order valence-electron chi connectivity index (χ1n) is 5.07. The molecular weight excluding hydrogens is 204 g/mol. The molecule has 2 aromatic rings. The summed E-state index contributed by atoms with van der Waals surface area (Å²) in [5, 5.41) is 19.9. The summed E-state index contributed by atoms with van der Waals surface area (Å²) in [6.45, 7) is 0.723. The summed E-state index contributed by atoms with van der Waals surface area (Å²) < 4.78 is 1.73. The van der Waals surface area contributed by atoms with Crippen LogP contribution in [0.1, 0.15) is 11.3 Å². The van der Waals surface area contributed by atoms with Gasteiger partial charge in [-0.1, -0.05) is 17.3 Å². The molecule has 0 aliphatic carbocycles. The van der Waals surface area contributed by atoms with Crippen LogP contribution in [0.2, 0.25) is 0 Å². The largest absolute Gasteiger partial charge is 0.392 e. The fourth-order valence-corrected chi connectivity index (χ4v) is 1.44. The van der Waals surface area contributed by atoms with E-state index >= 15 is 0 Å². The van der Waals surface area contributed by atoms with E-state index in [0.717, 1.165) is 16.9 Å². The van der Waals surface area contributed by atoms with Crippen LogP contribution in [-0.2, 0) is 20.2 Å². The van der Waals surface area contributed by atoms with E-state index < -0.39 is 0 Å². The molecule has 0 spiro atoms. The second kappa shape index (κ2) is 4.76. The molecule has 2 N–H and O–H groups in total. The van der Waals surface area contributed by atoms with Gasteiger partial charge in [-0.25, -0.2) is 0 Å². The average Bonchev–Trinajstić information content (AvgIpc) is 2.72. The van der Waals surface area contributed by atoms with Gasteiger partial charge in [-0.3, -0.25) is 4.68 Å². The normalized spacial score (nSPS) is 10.4. The van der Waals surface area contributed by atoms with E-state index in [1.165, 1.54) is 0 Å². The minimum absolute atomic E-state index is 0.0583. The molecule has 1 aromatic heterocycles. The summed E-state index contributed by atoms with van der Waals surface area (Å²) in [5.74, 6) is 0. The highest BCUT2D eigenvalue weighted by atomic mass is 16.3. The van der Waals surface area contributed by atoms with Gasteiger partial charge in [0.2, 0.25) is 0 Å². The molecular formula is C11H14N4O. The van der Waals surface area contributed by atoms with Crippen molar-refractivity contribution in [1.29, 1.82) is 0 Å². The summed E-state index contributed by atoms with van der Waals surface area (Å²) >= 11 is 0. The minimum atomic E-state index is 0.0583. The zero-order valence-corrected chi connectivity index (χ0v) is 9.09. The second-order valence-electron chi connectivity index (χ2n) is 3.56. The maximum absolute atomic E-state index is 9.01. The van der Waals surface area contributed by atoms with Crippen LogP contribution >= 0.6 is 0 Å². The molecule has 0 atom stereocenters. The number of aryl methyl sites for hydroxylation is 1. The van der Waals surface area contributed by atoms with Crippen molar-refractivity contribution >= 4 is 5.69 Å². The molecule has 1 heterocycles. The molecule has 0 saturated carbocycles. The van der Waals surface area contributed by atoms with Gasteiger partial charge in [-0.05, 0) is 17.7 Å². The smallest absolute Gasteiger partial charge is 0.0774 e. The summed E-state index contributed by atoms with van der Waals surface area (Å²) in [6.07, 6.45) is 1.73. The van der Waals surface area contributed by atoms with E-state index in [-0.39, 0.29) is 6.61 Å². The summed E-state index contributed by atoms with van der Waals surface area (Å²) in [5.41, 5.74) is 2.88. The first-order valence-corrected chi connectivity index (χ1v) is 5.07. The molecule has 0 bridgehead atoms. The van der Waals surface area contributed by atoms with Gasteiger partial charge >= 0.3 is 0 Å². The number of anilines is 1. The topological polar surface area (TPSA) is 63.0 Å². The number of hydrogen-bond acceptors (Lipinski definition) is 4. The van der Waals surface area contributed by atoms with Gasteiger partial charge in [0.25, 0.3) is 0 Å². The molecule has 5 heteroatoms. The van der Waals surface area contributed by atoms with E-state index in [1.54, 1.807) is 10.9 Å². The highest BCUT2D eigenvalue weighted by molar-refractivity contribution is 5.45. The zero-order valence-electron chi connectivity index (χ0n) is 9.09. The Hall–Kier alpha value is -1.88. The average molecular weight is 218 g/mol. The Balaban J connectivity index is 2.02. The van der Waals surface area contributed by atoms with E-state index in [9.17, 15) is 0 Å². The van der Waals surface area contributed by atoms with Crippen LogP contribution in [0.5, 0.6) is 0 Å². The van der Waals surface area contributed by atoms with Crippen molar-refractivity contribution in [2.45, 2.75) is 13.2 Å². The lowest BCUT2D eigenvalue weighted by Crippen LogP contribution is -2.05. The number of rotatable bonds is 4. The molecule has 0 aliphatic heterocycles. The Labute approximate surface area is 93.7 Å². The molecule has 0 saturated heterocycles. The summed E-state index contributed by atoms with van der Waals surface area (Å²) in [6, 6.07) is 7.68. The molecule has 0 amide bonds. The second-order valence-corrected chi connectivity index (χ2v) is 3.56. The van der Waals surface area contributed by atoms with E-state index in [1.807, 2.05) is 31.3 Å². The molecule has 0 radical (unpaired) electrons. The number of benzene rings is 1. The lowest BCUT2D eigenvalue weighted by atomic mass is 10.2. The Bertz CT molecular complexity index is 467. The van der Waals surface area contributed by atoms with E-state index in [2.05, 4.69) is 15.6 Å². The fraction of sp³-hybridized carbons (Fsp3) is 0.273. The van der Waals surface area contributed by atoms with Crippen molar-refractivity contribution in [3.8, 4) is 0 Å². The lowest BCUT2D eigenvalue weighted by Gasteiger charge is -2.07. The third-order valence-corrected chi connectivity index (χ3v) is 2.39. The Morgan fingerprint density at radius 3 is 3.00 bits per heavy atom. The summed E-state index contributed by atoms with van der Waals surface area (Å²) in [4.78, 5) is 0. The van der Waals surface area contributed by atoms with Crippen LogP contribution in [0.15, 0.2) is 30.5 Å². The van der Waals surface area contributed by atoms with Crippen molar-refractivity contribution in [2.75, 3.05) is 5.32 Å². The highest BCUT2D eigenvalue weighted by Gasteiger charge is 1.99. The predicted octanol–water partition coefficient (Wildman–Crippen LogP) is 0.919. The number of hydrogen-bond donors (Lipinski definition) is 2. The quantitative estimate of drug-likeness (QED) is 0.801. The van der Waals surface area contributed by atoms with Crippen molar-refractivity contribution in [3.05, 3.63) is 41.7 Å². The van der Waals surface area contributed by atoms with E-state index in [4.69, 9.17) is 5.11 Å². The number of aliphatic hydroxyl groups is 1. The fourth-order valence-electron chi connectivity index (χ4n) is 1.44. The van der Waals surface area contributed by atoms with Gasteiger partial charge in [-0.2, -0.15) is 0 Å². The van der Waals surface area contributed by atoms with Crippen molar-refractivity contribution < 1.29 is 5.11 Å². The van der Waals surface area contributed by atoms with Gasteiger partial charge < -0.3 is 10.4 Å². The molecule has 0 aliphatic rings. The number of nitrogens with zero attached hydrogens (tertiary/aromatic N) is 3. The van der Waals surface area contributed by atoms with Crippen LogP contribution in [0.4, 0.5) is 5.69 Å². The van der Waals surface area contributed by atoms with Crippen LogP contribution < -0.4 is 5.32 Å². The monoisotopic (exact) mass is 218 g/mol. The van der Waals surface area contributed by atoms with E-state index in [0.29, 0.717) is 6.54 Å². The molecule has 16 heavy (non-hydrogen) atoms. The van der Waals surface area contributed by atoms with Gasteiger partial charge in [0.05, 0.1) is 25.0 Å². The third-order valence-electron chi connectivity index (χ3n) is 2.39. The highest BCUT2D eigenvalue weighted by Crippen LogP contribution is 2.11. The molecule has 84 valence electrons. The van der Waals surface area contributed by atoms with Gasteiger partial charge in [0.1, 0.15) is 0 Å². The zero-order chi connectivity index (χ0) is 11.4. The minimum Gasteiger partial charge on any atom is -0.392 e. The molecule has 5 nitrogen and oxygen atoms in total. The van der Waals surface area contributed by atoms with Gasteiger partial charge in [-0.15, -0.1) is 5.10 Å². The van der Waals surface area contributed by atoms with Crippen LogP contribution in [0.25, 0.3) is 0 Å². The Morgan fingerprint density at radius 2 is 2.31 bits per heavy atom. The maximum Gasteiger partial charge on any atom is 0.0774 e. The van der Waals surface area contributed by atoms with Crippen LogP contribution in [0.3, 0.4) is 0 Å². The van der Waals surface area contributed by atoms with Gasteiger partial charge in [0.15, 0.2) is 0 Å². The molecule has 1 aromatic carbocycles. The standard InChI is InChI=1S/C11H14N4O/c1-15-11(7-13-14-15)6-12-10-4-2-3-9(5-10)8-16/h2-5,7,12,16H,6,8H2,1H3. The van der Waals surface area contributed by atoms with Gasteiger partial charge in [0, 0.05) is 12.7 Å². The first kappa shape index (κ1) is 10.6. The van der Waals surface area contributed by atoms with Crippen LogP contribution in [0, 0.1) is 0 Å². The molecule has 2 rings (SSSR count). The molecule has 0 unspecified atom stereocenters. The van der Waals surface area contributed by atoms with Crippen molar-refractivity contribution in [2.24, 2.45) is 7.05 Å². The summed E-state index contributed by atoms with van der Waals surface area (Å²) in [7, 11) is 1.86. The maximum atomic E-state index is 9.01. The third kappa shape index (κ3) is 2.38. The number of aliphatic hydroxyl groups excluding tert-OH is 1. The lowest BCUT2D eigenvalue weighted by molar-refractivity contribution is 0.282. The van der Waals surface area contributed by atoms with Crippen LogP contribution in [-0.4, -0.2) is 20.1 Å². The predicted molar refractivity (Wildman–Crippen MR) is 60.7 cm³/mol. The molecule has 0 fully saturated rings. The SMILES string of the molecule is Cn1nncc1CNc1cccc(CO)c1. The number of nitrogens with one attached hydrogen (secondary N) is 1. The Kier molecular flexibility index (Phi) is 3.16. The Morgan fingerprint density at radius 1 is 1.44 bits per heavy atom. The van der Waals surface area contributed by atoms with Crippen molar-refractivity contribution in [1.82, 2.24) is 15.0 Å². The van der Waals surface area contributed by atoms with Crippen molar-refractivity contribution in [3.63, 3.8) is 0 Å². The number of aromatic nitrogens is 3.